The predicted molar refractivity (Wildman–Crippen MR) is 115 cm³/mol. The van der Waals surface area contributed by atoms with Gasteiger partial charge in [-0.05, 0) is 24.1 Å². The Kier molecular flexibility index (Phi) is 6.79. The summed E-state index contributed by atoms with van der Waals surface area (Å²) in [5.41, 5.74) is 1.06. The van der Waals surface area contributed by atoms with Crippen LogP contribution >= 0.6 is 0 Å². The molecule has 9 heteroatoms. The van der Waals surface area contributed by atoms with E-state index in [9.17, 15) is 18.4 Å². The van der Waals surface area contributed by atoms with Crippen molar-refractivity contribution < 1.29 is 27.6 Å². The largest absolute Gasteiger partial charge is 0.469 e. The normalized spacial score (nSPS) is 18.6. The summed E-state index contributed by atoms with van der Waals surface area (Å²) in [6.07, 6.45) is 0.537. The molecule has 4 rings (SSSR count). The number of halogens is 2. The molecule has 0 aliphatic carbocycles. The van der Waals surface area contributed by atoms with Crippen molar-refractivity contribution in [3.8, 4) is 11.3 Å². The molecule has 1 amide bonds. The highest BCUT2D eigenvalue weighted by atomic mass is 19.1. The zero-order chi connectivity index (χ0) is 23.4. The molecule has 2 heterocycles. The second-order valence-corrected chi connectivity index (χ2v) is 7.92. The second kappa shape index (κ2) is 9.91. The number of benzene rings is 2. The van der Waals surface area contributed by atoms with Gasteiger partial charge < -0.3 is 14.6 Å². The van der Waals surface area contributed by atoms with Crippen molar-refractivity contribution in [1.29, 1.82) is 0 Å². The molecule has 3 aromatic rings. The Morgan fingerprint density at radius 2 is 1.97 bits per heavy atom. The number of hydrogen-bond acceptors (Lipinski definition) is 6. The van der Waals surface area contributed by atoms with Crippen molar-refractivity contribution in [2.75, 3.05) is 20.2 Å². The summed E-state index contributed by atoms with van der Waals surface area (Å²) in [4.78, 5) is 27.4. The van der Waals surface area contributed by atoms with Crippen LogP contribution in [-0.4, -0.2) is 48.2 Å². The van der Waals surface area contributed by atoms with Crippen LogP contribution in [0.4, 0.5) is 8.78 Å². The Hall–Kier alpha value is -3.59. The lowest BCUT2D eigenvalue weighted by atomic mass is 9.91. The lowest BCUT2D eigenvalue weighted by Crippen LogP contribution is -2.53. The van der Waals surface area contributed by atoms with Crippen LogP contribution in [0, 0.1) is 17.6 Å². The van der Waals surface area contributed by atoms with Crippen LogP contribution in [0.2, 0.25) is 0 Å². The number of hydrogen-bond donors (Lipinski definition) is 1. The fraction of sp³-hybridized carbons (Fsp3) is 0.292. The van der Waals surface area contributed by atoms with Gasteiger partial charge >= 0.3 is 5.97 Å². The topological polar surface area (TPSA) is 84.7 Å². The Morgan fingerprint density at radius 3 is 2.70 bits per heavy atom. The zero-order valence-electron chi connectivity index (χ0n) is 18.0. The van der Waals surface area contributed by atoms with Gasteiger partial charge in [-0.3, -0.25) is 14.5 Å². The van der Waals surface area contributed by atoms with Crippen LogP contribution in [0.25, 0.3) is 11.3 Å². The van der Waals surface area contributed by atoms with E-state index in [1.807, 2.05) is 30.3 Å². The van der Waals surface area contributed by atoms with Crippen LogP contribution in [-0.2, 0) is 16.1 Å². The Morgan fingerprint density at radius 1 is 1.18 bits per heavy atom. The Labute approximate surface area is 189 Å². The minimum absolute atomic E-state index is 0.000140. The van der Waals surface area contributed by atoms with E-state index in [1.165, 1.54) is 19.2 Å². The standard InChI is InChI=1S/C24H23F2N3O4/c1-32-24(31)18-14-29(13-15-5-3-2-4-6-15)10-9-20(18)27-23(30)21-12-22(33-28-21)17-8-7-16(25)11-19(17)26/h2-8,11-12,18,20H,9-10,13-14H2,1H3,(H,27,30)/t18-,20-/m1/s1. The van der Waals surface area contributed by atoms with Gasteiger partial charge in [0.25, 0.3) is 5.91 Å². The maximum absolute atomic E-state index is 14.0. The first-order valence-electron chi connectivity index (χ1n) is 10.5. The predicted octanol–water partition coefficient (Wildman–Crippen LogP) is 3.41. The first-order valence-corrected chi connectivity index (χ1v) is 10.5. The average molecular weight is 455 g/mol. The molecule has 0 spiro atoms. The summed E-state index contributed by atoms with van der Waals surface area (Å²) in [5, 5.41) is 6.54. The van der Waals surface area contributed by atoms with Crippen molar-refractivity contribution >= 4 is 11.9 Å². The highest BCUT2D eigenvalue weighted by Gasteiger charge is 2.36. The van der Waals surface area contributed by atoms with E-state index < -0.39 is 35.5 Å². The maximum Gasteiger partial charge on any atom is 0.312 e. The summed E-state index contributed by atoms with van der Waals surface area (Å²) in [6, 6.07) is 13.8. The molecular weight excluding hydrogens is 432 g/mol. The van der Waals surface area contributed by atoms with Crippen molar-refractivity contribution in [3.63, 3.8) is 0 Å². The van der Waals surface area contributed by atoms with Crippen molar-refractivity contribution in [2.24, 2.45) is 5.92 Å². The van der Waals surface area contributed by atoms with Gasteiger partial charge in [-0.25, -0.2) is 8.78 Å². The number of nitrogens with zero attached hydrogens (tertiary/aromatic N) is 2. The van der Waals surface area contributed by atoms with E-state index >= 15 is 0 Å². The van der Waals surface area contributed by atoms with Gasteiger partial charge in [0.2, 0.25) is 0 Å². The van der Waals surface area contributed by atoms with E-state index in [1.54, 1.807) is 0 Å². The lowest BCUT2D eigenvalue weighted by molar-refractivity contribution is -0.148. The van der Waals surface area contributed by atoms with Gasteiger partial charge in [0, 0.05) is 37.8 Å². The molecule has 7 nitrogen and oxygen atoms in total. The highest BCUT2D eigenvalue weighted by molar-refractivity contribution is 5.93. The average Bonchev–Trinajstić information content (AvgIpc) is 3.30. The number of amides is 1. The minimum atomic E-state index is -0.824. The monoisotopic (exact) mass is 455 g/mol. The third-order valence-corrected chi connectivity index (χ3v) is 5.71. The number of nitrogens with one attached hydrogen (secondary N) is 1. The van der Waals surface area contributed by atoms with Gasteiger partial charge in [0.05, 0.1) is 18.6 Å². The summed E-state index contributed by atoms with van der Waals surface area (Å²) < 4.78 is 37.2. The molecule has 1 N–H and O–H groups in total. The summed E-state index contributed by atoms with van der Waals surface area (Å²) >= 11 is 0. The van der Waals surface area contributed by atoms with E-state index in [-0.39, 0.29) is 17.0 Å². The SMILES string of the molecule is COC(=O)[C@@H]1CN(Cc2ccccc2)CC[C@H]1NC(=O)c1cc(-c2ccc(F)cc2F)on1. The molecule has 1 aromatic heterocycles. The van der Waals surface area contributed by atoms with Gasteiger partial charge in [-0.15, -0.1) is 0 Å². The fourth-order valence-electron chi connectivity index (χ4n) is 4.01. The molecule has 1 aliphatic heterocycles. The fourth-order valence-corrected chi connectivity index (χ4v) is 4.01. The molecule has 1 saturated heterocycles. The molecule has 2 aromatic carbocycles. The number of carbonyl (C=O) groups is 2. The van der Waals surface area contributed by atoms with Crippen LogP contribution in [0.15, 0.2) is 59.1 Å². The van der Waals surface area contributed by atoms with Gasteiger partial charge in [0.15, 0.2) is 11.5 Å². The second-order valence-electron chi connectivity index (χ2n) is 7.92. The first kappa shape index (κ1) is 22.6. The van der Waals surface area contributed by atoms with Gasteiger partial charge in [-0.2, -0.15) is 0 Å². The number of ether oxygens (including phenoxy) is 1. The van der Waals surface area contributed by atoms with Gasteiger partial charge in [0.1, 0.15) is 11.6 Å². The zero-order valence-corrected chi connectivity index (χ0v) is 18.0. The number of esters is 1. The maximum atomic E-state index is 14.0. The van der Waals surface area contributed by atoms with E-state index in [4.69, 9.17) is 9.26 Å². The first-order chi connectivity index (χ1) is 15.9. The molecule has 172 valence electrons. The van der Waals surface area contributed by atoms with Crippen LogP contribution in [0.3, 0.4) is 0 Å². The molecule has 0 saturated carbocycles. The summed E-state index contributed by atoms with van der Waals surface area (Å²) in [6.45, 7) is 1.79. The molecule has 0 radical (unpaired) electrons. The van der Waals surface area contributed by atoms with Crippen molar-refractivity contribution in [3.05, 3.63) is 77.5 Å². The number of carbonyl (C=O) groups excluding carboxylic acids is 2. The third kappa shape index (κ3) is 5.25. The van der Waals surface area contributed by atoms with Crippen LogP contribution < -0.4 is 5.32 Å². The quantitative estimate of drug-likeness (QED) is 0.574. The Balaban J connectivity index is 1.44. The van der Waals surface area contributed by atoms with E-state index in [2.05, 4.69) is 15.4 Å². The molecule has 0 unspecified atom stereocenters. The van der Waals surface area contributed by atoms with E-state index in [0.29, 0.717) is 26.1 Å². The number of methoxy groups -OCH3 is 1. The number of aromatic nitrogens is 1. The molecule has 33 heavy (non-hydrogen) atoms. The molecular formula is C24H23F2N3O4. The minimum Gasteiger partial charge on any atom is -0.469 e. The highest BCUT2D eigenvalue weighted by Crippen LogP contribution is 2.25. The number of rotatable bonds is 6. The molecule has 2 atom stereocenters. The van der Waals surface area contributed by atoms with E-state index in [0.717, 1.165) is 17.7 Å². The summed E-state index contributed by atoms with van der Waals surface area (Å²) in [5.74, 6) is -3.07. The van der Waals surface area contributed by atoms with Crippen molar-refractivity contribution in [2.45, 2.75) is 19.0 Å². The van der Waals surface area contributed by atoms with Crippen molar-refractivity contribution in [1.82, 2.24) is 15.4 Å². The van der Waals surface area contributed by atoms with Crippen LogP contribution in [0.5, 0.6) is 0 Å². The Bertz CT molecular complexity index is 1140. The van der Waals surface area contributed by atoms with Gasteiger partial charge in [-0.1, -0.05) is 35.5 Å². The number of piperidine rings is 1. The molecule has 1 fully saturated rings. The summed E-state index contributed by atoms with van der Waals surface area (Å²) in [7, 11) is 1.32. The molecule has 1 aliphatic rings. The number of likely N-dealkylation sites (tertiary alicyclic amines) is 1. The van der Waals surface area contributed by atoms with Crippen LogP contribution in [0.1, 0.15) is 22.5 Å². The molecule has 0 bridgehead atoms. The third-order valence-electron chi connectivity index (χ3n) is 5.71. The lowest BCUT2D eigenvalue weighted by Gasteiger charge is -2.37. The smallest absolute Gasteiger partial charge is 0.312 e.